The van der Waals surface area contributed by atoms with Crippen LogP contribution in [-0.4, -0.2) is 72.8 Å². The highest BCUT2D eigenvalue weighted by Gasteiger charge is 2.67. The van der Waals surface area contributed by atoms with Crippen LogP contribution >= 0.6 is 0 Å². The molecule has 10 nitrogen and oxygen atoms in total. The molecule has 0 bridgehead atoms. The zero-order valence-electron chi connectivity index (χ0n) is 17.3. The van der Waals surface area contributed by atoms with Gasteiger partial charge in [-0.05, 0) is 25.0 Å². The van der Waals surface area contributed by atoms with Gasteiger partial charge in [-0.3, -0.25) is 13.8 Å². The van der Waals surface area contributed by atoms with Gasteiger partial charge in [-0.1, -0.05) is 36.9 Å². The number of nitrogens with zero attached hydrogens (tertiary/aromatic N) is 4. The Morgan fingerprint density at radius 3 is 2.45 bits per heavy atom. The Balaban J connectivity index is 1.74. The Kier molecular flexibility index (Phi) is 4.95. The predicted octanol–water partition coefficient (Wildman–Crippen LogP) is 0.686. The maximum absolute atomic E-state index is 13.5. The summed E-state index contributed by atoms with van der Waals surface area (Å²) < 4.78 is 17.7. The van der Waals surface area contributed by atoms with Gasteiger partial charge in [0, 0.05) is 5.75 Å². The minimum atomic E-state index is -1.58. The number of amides is 2. The standard InChI is InChI=1S/C20H22N4O6S/c1-11-10-31(29)18-15(16(25)22(18)13(11)19(27)30-4)23-17(26)14(12-8-6-5-7-9-12)24(21-28)20(23,2)3/h5-9,13-15,18H,1,10H2,2-4H3/t13?,14-,15+,18+,31?/m0/s1. The maximum Gasteiger partial charge on any atom is 0.332 e. The smallest absolute Gasteiger partial charge is 0.332 e. The van der Waals surface area contributed by atoms with Crippen LogP contribution in [0, 0.1) is 4.91 Å². The predicted molar refractivity (Wildman–Crippen MR) is 110 cm³/mol. The number of carbonyl (C=O) groups is 3. The quantitative estimate of drug-likeness (QED) is 0.289. The molecule has 3 aliphatic rings. The lowest BCUT2D eigenvalue weighted by Crippen LogP contribution is -2.79. The third-order valence-corrected chi connectivity index (χ3v) is 7.76. The van der Waals surface area contributed by atoms with E-state index >= 15 is 0 Å². The average molecular weight is 446 g/mol. The van der Waals surface area contributed by atoms with Crippen molar-refractivity contribution in [3.8, 4) is 0 Å². The van der Waals surface area contributed by atoms with Gasteiger partial charge in [-0.15, -0.1) is 4.91 Å². The number of benzene rings is 1. The summed E-state index contributed by atoms with van der Waals surface area (Å²) in [6, 6.07) is 5.49. The number of rotatable bonds is 4. The van der Waals surface area contributed by atoms with Crippen LogP contribution in [-0.2, 0) is 29.9 Å². The number of fused-ring (bicyclic) bond motifs is 1. The second kappa shape index (κ2) is 7.26. The fourth-order valence-corrected chi connectivity index (χ4v) is 6.36. The second-order valence-corrected chi connectivity index (χ2v) is 9.67. The fourth-order valence-electron chi connectivity index (χ4n) is 4.66. The third kappa shape index (κ3) is 2.83. The van der Waals surface area contributed by atoms with Gasteiger partial charge >= 0.3 is 5.97 Å². The first-order valence-corrected chi connectivity index (χ1v) is 11.0. The van der Waals surface area contributed by atoms with Crippen LogP contribution in [0.5, 0.6) is 0 Å². The lowest BCUT2D eigenvalue weighted by Gasteiger charge is -2.56. The van der Waals surface area contributed by atoms with Gasteiger partial charge in [0.2, 0.25) is 0 Å². The Morgan fingerprint density at radius 2 is 1.87 bits per heavy atom. The molecule has 0 radical (unpaired) electrons. The topological polar surface area (TPSA) is 117 Å². The number of β-lactam (4-membered cyclic amide) rings is 1. The van der Waals surface area contributed by atoms with Crippen LogP contribution in [0.15, 0.2) is 47.8 Å². The Morgan fingerprint density at radius 1 is 1.23 bits per heavy atom. The zero-order valence-corrected chi connectivity index (χ0v) is 18.1. The van der Waals surface area contributed by atoms with Gasteiger partial charge in [0.1, 0.15) is 17.1 Å². The molecule has 2 unspecified atom stereocenters. The van der Waals surface area contributed by atoms with Crippen molar-refractivity contribution < 1.29 is 23.3 Å². The van der Waals surface area contributed by atoms with E-state index in [0.717, 1.165) is 5.01 Å². The molecular weight excluding hydrogens is 424 g/mol. The van der Waals surface area contributed by atoms with Gasteiger partial charge in [-0.25, -0.2) is 9.80 Å². The van der Waals surface area contributed by atoms with E-state index in [4.69, 9.17) is 4.74 Å². The summed E-state index contributed by atoms with van der Waals surface area (Å²) in [6.07, 6.45) is 0. The minimum Gasteiger partial charge on any atom is -0.467 e. The SMILES string of the molecule is C=C1CS(=O)[C@@H]2[C@H](N3C(=O)[C@H](c4ccccc4)N(N=O)C3(C)C)C(=O)N2C1C(=O)OC. The first kappa shape index (κ1) is 21.2. The molecule has 1 aromatic rings. The Labute approximate surface area is 181 Å². The molecule has 0 spiro atoms. The highest BCUT2D eigenvalue weighted by molar-refractivity contribution is 7.86. The van der Waals surface area contributed by atoms with Crippen LogP contribution in [0.2, 0.25) is 0 Å². The molecule has 3 saturated heterocycles. The molecule has 1 aromatic carbocycles. The molecule has 0 aliphatic carbocycles. The van der Waals surface area contributed by atoms with Gasteiger partial charge in [0.25, 0.3) is 11.8 Å². The van der Waals surface area contributed by atoms with E-state index in [-0.39, 0.29) is 5.75 Å². The van der Waals surface area contributed by atoms with Crippen LogP contribution in [0.3, 0.4) is 0 Å². The highest BCUT2D eigenvalue weighted by atomic mass is 32.2. The number of carbonyl (C=O) groups excluding carboxylic acids is 3. The van der Waals surface area contributed by atoms with Crippen LogP contribution < -0.4 is 0 Å². The normalized spacial score (nSPS) is 31.9. The molecule has 0 aromatic heterocycles. The van der Waals surface area contributed by atoms with Crippen molar-refractivity contribution >= 4 is 28.6 Å². The fraction of sp³-hybridized carbons (Fsp3) is 0.450. The number of ether oxygens (including phenoxy) is 1. The van der Waals surface area contributed by atoms with E-state index < -0.39 is 57.7 Å². The highest BCUT2D eigenvalue weighted by Crippen LogP contribution is 2.47. The van der Waals surface area contributed by atoms with E-state index in [0.29, 0.717) is 11.1 Å². The summed E-state index contributed by atoms with van der Waals surface area (Å²) in [5, 5.41) is 3.29. The van der Waals surface area contributed by atoms with E-state index in [1.54, 1.807) is 44.2 Å². The summed E-state index contributed by atoms with van der Waals surface area (Å²) in [5.74, 6) is -1.71. The largest absolute Gasteiger partial charge is 0.467 e. The van der Waals surface area contributed by atoms with Crippen molar-refractivity contribution in [3.05, 3.63) is 53.0 Å². The number of hydrogen-bond acceptors (Lipinski definition) is 7. The van der Waals surface area contributed by atoms with Crippen LogP contribution in [0.4, 0.5) is 0 Å². The van der Waals surface area contributed by atoms with Crippen LogP contribution in [0.1, 0.15) is 25.5 Å². The molecule has 4 rings (SSSR count). The first-order chi connectivity index (χ1) is 14.7. The molecule has 11 heteroatoms. The zero-order chi connectivity index (χ0) is 22.7. The molecular formula is C20H22N4O6S. The van der Waals surface area contributed by atoms with Gasteiger partial charge < -0.3 is 14.5 Å². The molecule has 5 atom stereocenters. The van der Waals surface area contributed by atoms with Gasteiger partial charge in [0.05, 0.1) is 23.2 Å². The summed E-state index contributed by atoms with van der Waals surface area (Å²) in [5.41, 5.74) is -0.388. The van der Waals surface area contributed by atoms with Crippen LogP contribution in [0.25, 0.3) is 0 Å². The minimum absolute atomic E-state index is 0.00489. The van der Waals surface area contributed by atoms with Crippen molar-refractivity contribution in [1.82, 2.24) is 14.8 Å². The molecule has 3 fully saturated rings. The number of esters is 1. The molecule has 3 aliphatic heterocycles. The molecule has 2 amide bonds. The van der Waals surface area contributed by atoms with E-state index in [1.807, 2.05) is 0 Å². The summed E-state index contributed by atoms with van der Waals surface area (Å²) in [4.78, 5) is 53.1. The number of nitroso groups, excluding NO2 is 1. The van der Waals surface area contributed by atoms with E-state index in [1.165, 1.54) is 16.9 Å². The van der Waals surface area contributed by atoms with Crippen molar-refractivity contribution in [3.63, 3.8) is 0 Å². The van der Waals surface area contributed by atoms with Gasteiger partial charge in [-0.2, -0.15) is 0 Å². The first-order valence-electron chi connectivity index (χ1n) is 9.62. The third-order valence-electron chi connectivity index (χ3n) is 6.09. The van der Waals surface area contributed by atoms with Gasteiger partial charge in [0.15, 0.2) is 12.1 Å². The molecule has 0 saturated carbocycles. The monoisotopic (exact) mass is 446 g/mol. The maximum atomic E-state index is 13.5. The summed E-state index contributed by atoms with van der Waals surface area (Å²) >= 11 is 0. The Hall–Kier alpha value is -3.08. The summed E-state index contributed by atoms with van der Waals surface area (Å²) in [6.45, 7) is 6.99. The molecule has 3 heterocycles. The number of methoxy groups -OCH3 is 1. The molecule has 164 valence electrons. The lowest BCUT2D eigenvalue weighted by molar-refractivity contribution is -0.173. The molecule has 0 N–H and O–H groups in total. The lowest BCUT2D eigenvalue weighted by atomic mass is 9.95. The van der Waals surface area contributed by atoms with Crippen molar-refractivity contribution in [2.45, 2.75) is 43.0 Å². The Bertz CT molecular complexity index is 1010. The van der Waals surface area contributed by atoms with Crippen molar-refractivity contribution in [1.29, 1.82) is 0 Å². The summed E-state index contributed by atoms with van der Waals surface area (Å²) in [7, 11) is -0.387. The average Bonchev–Trinajstić information content (AvgIpc) is 2.93. The van der Waals surface area contributed by atoms with E-state index in [2.05, 4.69) is 11.9 Å². The van der Waals surface area contributed by atoms with E-state index in [9.17, 15) is 23.5 Å². The second-order valence-electron chi connectivity index (χ2n) is 8.13. The molecule has 31 heavy (non-hydrogen) atoms. The number of hydrogen-bond donors (Lipinski definition) is 0. The van der Waals surface area contributed by atoms with Crippen molar-refractivity contribution in [2.75, 3.05) is 12.9 Å². The van der Waals surface area contributed by atoms with Crippen molar-refractivity contribution in [2.24, 2.45) is 5.29 Å².